The number of rotatable bonds is 6. The summed E-state index contributed by atoms with van der Waals surface area (Å²) >= 11 is 0. The van der Waals surface area contributed by atoms with E-state index in [0.29, 0.717) is 17.2 Å². The Balaban J connectivity index is 1.92. The number of nitriles is 1. The van der Waals surface area contributed by atoms with Gasteiger partial charge < -0.3 is 10.1 Å². The third kappa shape index (κ3) is 4.85. The first kappa shape index (κ1) is 17.6. The standard InChI is InChI=1S/C20H22N2O2/c1-14(2)15(3)22-20(23)13-24-19-10-8-18(9-11-19)17-6-4-16(12-21)5-7-17/h4-11,14-15H,13H2,1-3H3,(H,22,23)/t15-/m1/s1. The molecule has 0 saturated carbocycles. The number of hydrogen-bond donors (Lipinski definition) is 1. The summed E-state index contributed by atoms with van der Waals surface area (Å²) in [7, 11) is 0. The maximum Gasteiger partial charge on any atom is 0.258 e. The second-order valence-corrected chi connectivity index (χ2v) is 6.10. The maximum absolute atomic E-state index is 11.8. The quantitative estimate of drug-likeness (QED) is 0.880. The van der Waals surface area contributed by atoms with Crippen LogP contribution in [0.15, 0.2) is 48.5 Å². The number of nitrogens with one attached hydrogen (secondary N) is 1. The Morgan fingerprint density at radius 2 is 1.58 bits per heavy atom. The molecule has 124 valence electrons. The SMILES string of the molecule is CC(C)[C@@H](C)NC(=O)COc1ccc(-c2ccc(C#N)cc2)cc1. The van der Waals surface area contributed by atoms with E-state index in [-0.39, 0.29) is 18.6 Å². The molecule has 1 atom stereocenters. The van der Waals surface area contributed by atoms with Crippen LogP contribution in [0.4, 0.5) is 0 Å². The smallest absolute Gasteiger partial charge is 0.258 e. The molecule has 0 unspecified atom stereocenters. The molecule has 1 amide bonds. The summed E-state index contributed by atoms with van der Waals surface area (Å²) in [6.45, 7) is 6.11. The molecule has 2 aromatic rings. The van der Waals surface area contributed by atoms with Crippen molar-refractivity contribution in [3.63, 3.8) is 0 Å². The number of hydrogen-bond acceptors (Lipinski definition) is 3. The van der Waals surface area contributed by atoms with E-state index < -0.39 is 0 Å². The van der Waals surface area contributed by atoms with Gasteiger partial charge in [-0.1, -0.05) is 38.1 Å². The Morgan fingerprint density at radius 3 is 2.08 bits per heavy atom. The Hall–Kier alpha value is -2.80. The van der Waals surface area contributed by atoms with Gasteiger partial charge in [-0.05, 0) is 48.2 Å². The maximum atomic E-state index is 11.8. The fourth-order valence-corrected chi connectivity index (χ4v) is 2.09. The minimum absolute atomic E-state index is 0.00722. The molecule has 0 bridgehead atoms. The van der Waals surface area contributed by atoms with E-state index in [1.165, 1.54) is 0 Å². The monoisotopic (exact) mass is 322 g/mol. The molecule has 24 heavy (non-hydrogen) atoms. The Kier molecular flexibility index (Phi) is 5.97. The Morgan fingerprint density at radius 1 is 1.04 bits per heavy atom. The van der Waals surface area contributed by atoms with Crippen molar-refractivity contribution >= 4 is 5.91 Å². The molecular formula is C20H22N2O2. The van der Waals surface area contributed by atoms with Crippen molar-refractivity contribution in [2.45, 2.75) is 26.8 Å². The number of amides is 1. The van der Waals surface area contributed by atoms with Gasteiger partial charge in [0.25, 0.3) is 5.91 Å². The average Bonchev–Trinajstić information content (AvgIpc) is 2.60. The number of ether oxygens (including phenoxy) is 1. The van der Waals surface area contributed by atoms with E-state index in [0.717, 1.165) is 11.1 Å². The van der Waals surface area contributed by atoms with Gasteiger partial charge in [-0.2, -0.15) is 5.26 Å². The van der Waals surface area contributed by atoms with Gasteiger partial charge in [0.2, 0.25) is 0 Å². The zero-order valence-corrected chi connectivity index (χ0v) is 14.2. The van der Waals surface area contributed by atoms with Gasteiger partial charge in [-0.3, -0.25) is 4.79 Å². The lowest BCUT2D eigenvalue weighted by molar-refractivity contribution is -0.124. The highest BCUT2D eigenvalue weighted by Gasteiger charge is 2.11. The average molecular weight is 322 g/mol. The molecular weight excluding hydrogens is 300 g/mol. The first-order valence-electron chi connectivity index (χ1n) is 8.02. The molecule has 2 rings (SSSR count). The third-order valence-corrected chi connectivity index (χ3v) is 3.96. The fourth-order valence-electron chi connectivity index (χ4n) is 2.09. The number of carbonyl (C=O) groups is 1. The Bertz CT molecular complexity index is 713. The molecule has 0 radical (unpaired) electrons. The summed E-state index contributed by atoms with van der Waals surface area (Å²) in [4.78, 5) is 11.8. The van der Waals surface area contributed by atoms with Crippen LogP contribution >= 0.6 is 0 Å². The normalized spacial score (nSPS) is 11.6. The lowest BCUT2D eigenvalue weighted by Gasteiger charge is -2.17. The van der Waals surface area contributed by atoms with Crippen molar-refractivity contribution in [3.8, 4) is 22.9 Å². The van der Waals surface area contributed by atoms with Gasteiger partial charge in [0, 0.05) is 6.04 Å². The van der Waals surface area contributed by atoms with Gasteiger partial charge in [0.05, 0.1) is 11.6 Å². The number of nitrogens with zero attached hydrogens (tertiary/aromatic N) is 1. The molecule has 0 heterocycles. The zero-order chi connectivity index (χ0) is 17.5. The van der Waals surface area contributed by atoms with Crippen molar-refractivity contribution in [1.82, 2.24) is 5.32 Å². The first-order valence-corrected chi connectivity index (χ1v) is 8.02. The molecule has 2 aromatic carbocycles. The molecule has 4 nitrogen and oxygen atoms in total. The van der Waals surface area contributed by atoms with Gasteiger partial charge >= 0.3 is 0 Å². The summed E-state index contributed by atoms with van der Waals surface area (Å²) in [5.41, 5.74) is 2.70. The van der Waals surface area contributed by atoms with Gasteiger partial charge in [0.1, 0.15) is 5.75 Å². The lowest BCUT2D eigenvalue weighted by atomic mass is 10.0. The molecule has 0 aliphatic carbocycles. The van der Waals surface area contributed by atoms with Gasteiger partial charge in [-0.15, -0.1) is 0 Å². The zero-order valence-electron chi connectivity index (χ0n) is 14.2. The summed E-state index contributed by atoms with van der Waals surface area (Å²) in [6, 6.07) is 17.2. The predicted molar refractivity (Wildman–Crippen MR) is 94.5 cm³/mol. The molecule has 0 spiro atoms. The summed E-state index contributed by atoms with van der Waals surface area (Å²) in [5, 5.41) is 11.7. The van der Waals surface area contributed by atoms with Crippen molar-refractivity contribution < 1.29 is 9.53 Å². The van der Waals surface area contributed by atoms with E-state index in [4.69, 9.17) is 10.00 Å². The highest BCUT2D eigenvalue weighted by molar-refractivity contribution is 5.77. The van der Waals surface area contributed by atoms with Crippen molar-refractivity contribution in [2.75, 3.05) is 6.61 Å². The van der Waals surface area contributed by atoms with E-state index in [1.54, 1.807) is 12.1 Å². The first-order chi connectivity index (χ1) is 11.5. The summed E-state index contributed by atoms with van der Waals surface area (Å²) in [6.07, 6.45) is 0. The molecule has 0 fully saturated rings. The molecule has 0 aromatic heterocycles. The van der Waals surface area contributed by atoms with Crippen LogP contribution in [0.5, 0.6) is 5.75 Å². The summed E-state index contributed by atoms with van der Waals surface area (Å²) in [5.74, 6) is 0.924. The van der Waals surface area contributed by atoms with Crippen LogP contribution < -0.4 is 10.1 Å². The van der Waals surface area contributed by atoms with E-state index in [9.17, 15) is 4.79 Å². The second-order valence-electron chi connectivity index (χ2n) is 6.10. The molecule has 0 saturated heterocycles. The largest absolute Gasteiger partial charge is 0.484 e. The molecule has 0 aliphatic rings. The predicted octanol–water partition coefficient (Wildman–Crippen LogP) is 3.76. The minimum Gasteiger partial charge on any atom is -0.484 e. The van der Waals surface area contributed by atoms with Crippen molar-refractivity contribution in [2.24, 2.45) is 5.92 Å². The van der Waals surface area contributed by atoms with Crippen LogP contribution in [-0.4, -0.2) is 18.6 Å². The second kappa shape index (κ2) is 8.16. The van der Waals surface area contributed by atoms with Crippen LogP contribution in [0.3, 0.4) is 0 Å². The van der Waals surface area contributed by atoms with Gasteiger partial charge in [0.15, 0.2) is 6.61 Å². The van der Waals surface area contributed by atoms with E-state index in [1.807, 2.05) is 43.3 Å². The topological polar surface area (TPSA) is 62.1 Å². The van der Waals surface area contributed by atoms with Crippen LogP contribution in [0, 0.1) is 17.2 Å². The van der Waals surface area contributed by atoms with Crippen LogP contribution in [0.1, 0.15) is 26.3 Å². The highest BCUT2D eigenvalue weighted by atomic mass is 16.5. The molecule has 4 heteroatoms. The van der Waals surface area contributed by atoms with Crippen molar-refractivity contribution in [1.29, 1.82) is 5.26 Å². The third-order valence-electron chi connectivity index (χ3n) is 3.96. The van der Waals surface area contributed by atoms with Crippen molar-refractivity contribution in [3.05, 3.63) is 54.1 Å². The number of benzene rings is 2. The number of carbonyl (C=O) groups excluding carboxylic acids is 1. The minimum atomic E-state index is -0.118. The van der Waals surface area contributed by atoms with Crippen LogP contribution in [-0.2, 0) is 4.79 Å². The van der Waals surface area contributed by atoms with Crippen LogP contribution in [0.25, 0.3) is 11.1 Å². The lowest BCUT2D eigenvalue weighted by Crippen LogP contribution is -2.38. The fraction of sp³-hybridized carbons (Fsp3) is 0.300. The molecule has 0 aliphatic heterocycles. The van der Waals surface area contributed by atoms with Gasteiger partial charge in [-0.25, -0.2) is 0 Å². The van der Waals surface area contributed by atoms with E-state index in [2.05, 4.69) is 25.2 Å². The highest BCUT2D eigenvalue weighted by Crippen LogP contribution is 2.22. The Labute approximate surface area is 143 Å². The summed E-state index contributed by atoms with van der Waals surface area (Å²) < 4.78 is 5.52. The van der Waals surface area contributed by atoms with E-state index >= 15 is 0 Å². The molecule has 1 N–H and O–H groups in total. The van der Waals surface area contributed by atoms with Crippen LogP contribution in [0.2, 0.25) is 0 Å².